The van der Waals surface area contributed by atoms with Gasteiger partial charge < -0.3 is 14.2 Å². The first-order chi connectivity index (χ1) is 36.5. The second-order valence-corrected chi connectivity index (χ2v) is 23.5. The van der Waals surface area contributed by atoms with Gasteiger partial charge in [0.25, 0.3) is 0 Å². The van der Waals surface area contributed by atoms with E-state index in [2.05, 4.69) is 20.8 Å². The van der Waals surface area contributed by atoms with E-state index < -0.39 is 6.10 Å². The van der Waals surface area contributed by atoms with Crippen LogP contribution in [0.2, 0.25) is 0 Å². The largest absolute Gasteiger partial charge is 0.462 e. The molecule has 6 nitrogen and oxygen atoms in total. The summed E-state index contributed by atoms with van der Waals surface area (Å²) in [4.78, 5) is 38.0. The summed E-state index contributed by atoms with van der Waals surface area (Å²) in [5, 5.41) is 0. The Hall–Kier alpha value is -1.59. The molecule has 0 aromatic rings. The predicted octanol–water partition coefficient (Wildman–Crippen LogP) is 23.1. The minimum absolute atomic E-state index is 0.0618. The molecule has 0 N–H and O–H groups in total. The van der Waals surface area contributed by atoms with Crippen LogP contribution in [0.25, 0.3) is 0 Å². The molecule has 74 heavy (non-hydrogen) atoms. The van der Waals surface area contributed by atoms with E-state index in [-0.39, 0.29) is 31.1 Å². The fourth-order valence-electron chi connectivity index (χ4n) is 10.7. The molecule has 0 aliphatic rings. The first-order valence-corrected chi connectivity index (χ1v) is 34.0. The van der Waals surface area contributed by atoms with Gasteiger partial charge in [-0.25, -0.2) is 0 Å². The number of esters is 3. The number of ether oxygens (including phenoxy) is 3. The molecular weight excluding hydrogens is 913 g/mol. The number of hydrogen-bond acceptors (Lipinski definition) is 6. The molecule has 0 amide bonds. The Kier molecular flexibility index (Phi) is 62.6. The molecular formula is C68H132O6. The van der Waals surface area contributed by atoms with Crippen LogP contribution in [0.15, 0.2) is 0 Å². The topological polar surface area (TPSA) is 78.9 Å². The van der Waals surface area contributed by atoms with E-state index in [1.807, 2.05) is 0 Å². The lowest BCUT2D eigenvalue weighted by Gasteiger charge is -2.18. The molecule has 440 valence electrons. The zero-order chi connectivity index (χ0) is 53.6. The van der Waals surface area contributed by atoms with Gasteiger partial charge in [-0.1, -0.05) is 361 Å². The summed E-state index contributed by atoms with van der Waals surface area (Å²) in [6, 6.07) is 0. The summed E-state index contributed by atoms with van der Waals surface area (Å²) < 4.78 is 16.8. The molecule has 0 saturated carbocycles. The third-order valence-corrected chi connectivity index (χ3v) is 15.9. The third kappa shape index (κ3) is 61.3. The van der Waals surface area contributed by atoms with Gasteiger partial charge in [-0.3, -0.25) is 14.4 Å². The highest BCUT2D eigenvalue weighted by molar-refractivity contribution is 5.71. The van der Waals surface area contributed by atoms with Crippen molar-refractivity contribution in [2.45, 2.75) is 406 Å². The Balaban J connectivity index is 3.91. The number of unbranched alkanes of at least 4 members (excludes halogenated alkanes) is 53. The average molecular weight is 1050 g/mol. The molecule has 0 fully saturated rings. The van der Waals surface area contributed by atoms with Gasteiger partial charge in [0.1, 0.15) is 13.2 Å². The standard InChI is InChI=1S/C68H132O6/c1-4-7-10-13-16-18-20-22-24-26-28-29-30-31-32-33-34-35-36-37-38-39-41-42-44-46-48-50-52-55-58-61-67(70)73-64-65(63-72-66(69)60-57-54-15-12-9-6-3)74-68(71)62-59-56-53-51-49-47-45-43-40-27-25-23-21-19-17-14-11-8-5-2/h65H,4-64H2,1-3H3. The first-order valence-electron chi connectivity index (χ1n) is 34.0. The smallest absolute Gasteiger partial charge is 0.306 e. The van der Waals surface area contributed by atoms with Crippen molar-refractivity contribution in [1.29, 1.82) is 0 Å². The Morgan fingerprint density at radius 2 is 0.365 bits per heavy atom. The van der Waals surface area contributed by atoms with Crippen LogP contribution in [0.1, 0.15) is 400 Å². The second-order valence-electron chi connectivity index (χ2n) is 23.5. The summed E-state index contributed by atoms with van der Waals surface area (Å²) in [5.41, 5.74) is 0. The van der Waals surface area contributed by atoms with Crippen LogP contribution < -0.4 is 0 Å². The van der Waals surface area contributed by atoms with Gasteiger partial charge in [-0.05, 0) is 19.3 Å². The fourth-order valence-corrected chi connectivity index (χ4v) is 10.7. The van der Waals surface area contributed by atoms with Gasteiger partial charge in [0.15, 0.2) is 6.10 Å². The lowest BCUT2D eigenvalue weighted by molar-refractivity contribution is -0.167. The molecule has 0 aliphatic heterocycles. The van der Waals surface area contributed by atoms with Crippen molar-refractivity contribution in [2.24, 2.45) is 0 Å². The van der Waals surface area contributed by atoms with Crippen LogP contribution in [0.5, 0.6) is 0 Å². The monoisotopic (exact) mass is 1050 g/mol. The maximum atomic E-state index is 12.8. The zero-order valence-electron chi connectivity index (χ0n) is 50.7. The zero-order valence-corrected chi connectivity index (χ0v) is 50.7. The van der Waals surface area contributed by atoms with Gasteiger partial charge in [-0.15, -0.1) is 0 Å². The van der Waals surface area contributed by atoms with Crippen molar-refractivity contribution in [3.05, 3.63) is 0 Å². The van der Waals surface area contributed by atoms with Crippen molar-refractivity contribution in [3.63, 3.8) is 0 Å². The SMILES string of the molecule is CCCCCCCCCCCCCCCCCCCCCCCCCCCCCCCCCC(=O)OCC(COC(=O)CCCCCCCC)OC(=O)CCCCCCCCCCCCCCCCCCCCC. The third-order valence-electron chi connectivity index (χ3n) is 15.9. The number of carbonyl (C=O) groups is 3. The maximum absolute atomic E-state index is 12.8. The highest BCUT2D eigenvalue weighted by Crippen LogP contribution is 2.19. The fraction of sp³-hybridized carbons (Fsp3) is 0.956. The number of carbonyl (C=O) groups excluding carboxylic acids is 3. The molecule has 0 saturated heterocycles. The van der Waals surface area contributed by atoms with Gasteiger partial charge in [0.2, 0.25) is 0 Å². The van der Waals surface area contributed by atoms with E-state index in [0.29, 0.717) is 19.3 Å². The van der Waals surface area contributed by atoms with E-state index in [1.165, 1.54) is 302 Å². The molecule has 0 aromatic heterocycles. The number of rotatable bonds is 64. The van der Waals surface area contributed by atoms with Crippen LogP contribution in [0.4, 0.5) is 0 Å². The van der Waals surface area contributed by atoms with E-state index in [9.17, 15) is 14.4 Å². The minimum atomic E-state index is -0.761. The Morgan fingerprint density at radius 3 is 0.541 bits per heavy atom. The normalized spacial score (nSPS) is 11.9. The summed E-state index contributed by atoms with van der Waals surface area (Å²) in [7, 11) is 0. The van der Waals surface area contributed by atoms with Crippen molar-refractivity contribution >= 4 is 17.9 Å². The van der Waals surface area contributed by atoms with Gasteiger partial charge in [0.05, 0.1) is 0 Å². The van der Waals surface area contributed by atoms with Gasteiger partial charge in [0, 0.05) is 19.3 Å². The highest BCUT2D eigenvalue weighted by Gasteiger charge is 2.19. The lowest BCUT2D eigenvalue weighted by atomic mass is 10.0. The first kappa shape index (κ1) is 72.4. The van der Waals surface area contributed by atoms with Gasteiger partial charge in [-0.2, -0.15) is 0 Å². The second kappa shape index (κ2) is 63.9. The molecule has 1 unspecified atom stereocenters. The molecule has 0 radical (unpaired) electrons. The Morgan fingerprint density at radius 1 is 0.216 bits per heavy atom. The summed E-state index contributed by atoms with van der Waals surface area (Å²) in [6.07, 6.45) is 74.7. The minimum Gasteiger partial charge on any atom is -0.462 e. The van der Waals surface area contributed by atoms with E-state index in [0.717, 1.165) is 57.8 Å². The van der Waals surface area contributed by atoms with Crippen LogP contribution >= 0.6 is 0 Å². The Labute approximate surface area is 463 Å². The van der Waals surface area contributed by atoms with Crippen LogP contribution in [0.3, 0.4) is 0 Å². The lowest BCUT2D eigenvalue weighted by Crippen LogP contribution is -2.30. The van der Waals surface area contributed by atoms with Crippen LogP contribution in [-0.4, -0.2) is 37.2 Å². The predicted molar refractivity (Wildman–Crippen MR) is 321 cm³/mol. The van der Waals surface area contributed by atoms with Crippen molar-refractivity contribution in [1.82, 2.24) is 0 Å². The molecule has 6 heteroatoms. The van der Waals surface area contributed by atoms with E-state index >= 15 is 0 Å². The highest BCUT2D eigenvalue weighted by atomic mass is 16.6. The number of hydrogen-bond donors (Lipinski definition) is 0. The van der Waals surface area contributed by atoms with Gasteiger partial charge >= 0.3 is 17.9 Å². The Bertz CT molecular complexity index is 1110. The molecule has 0 aromatic carbocycles. The van der Waals surface area contributed by atoms with E-state index in [4.69, 9.17) is 14.2 Å². The van der Waals surface area contributed by atoms with Crippen molar-refractivity contribution in [2.75, 3.05) is 13.2 Å². The molecule has 0 bridgehead atoms. The molecule has 0 spiro atoms. The maximum Gasteiger partial charge on any atom is 0.306 e. The summed E-state index contributed by atoms with van der Waals surface area (Å²) in [6.45, 7) is 6.67. The van der Waals surface area contributed by atoms with Crippen molar-refractivity contribution < 1.29 is 28.6 Å². The molecule has 0 heterocycles. The van der Waals surface area contributed by atoms with Crippen LogP contribution in [-0.2, 0) is 28.6 Å². The average Bonchev–Trinajstić information content (AvgIpc) is 3.40. The summed E-state index contributed by atoms with van der Waals surface area (Å²) >= 11 is 0. The molecule has 0 rings (SSSR count). The molecule has 0 aliphatic carbocycles. The molecule has 1 atom stereocenters. The van der Waals surface area contributed by atoms with Crippen molar-refractivity contribution in [3.8, 4) is 0 Å². The quantitative estimate of drug-likeness (QED) is 0.0343. The summed E-state index contributed by atoms with van der Waals surface area (Å²) in [5.74, 6) is -0.840. The van der Waals surface area contributed by atoms with E-state index in [1.54, 1.807) is 0 Å². The van der Waals surface area contributed by atoms with Crippen LogP contribution in [0, 0.1) is 0 Å².